The van der Waals surface area contributed by atoms with Crippen molar-refractivity contribution < 1.29 is 0 Å². The van der Waals surface area contributed by atoms with E-state index in [1.54, 1.807) is 25.6 Å². The molecular formula is C8H8N4O. The lowest BCUT2D eigenvalue weighted by Gasteiger charge is -1.97. The van der Waals surface area contributed by atoms with Crippen LogP contribution in [-0.2, 0) is 7.05 Å². The van der Waals surface area contributed by atoms with Gasteiger partial charge in [0.25, 0.3) is 5.56 Å². The maximum Gasteiger partial charge on any atom is 0.267 e. The topological polar surface area (TPSA) is 63.6 Å². The summed E-state index contributed by atoms with van der Waals surface area (Å²) in [6.45, 7) is 0. The number of nitrogens with one attached hydrogen (secondary N) is 1. The second-order valence-electron chi connectivity index (χ2n) is 2.69. The molecule has 66 valence electrons. The van der Waals surface area contributed by atoms with Crippen LogP contribution in [0, 0.1) is 0 Å². The van der Waals surface area contributed by atoms with Gasteiger partial charge in [-0.05, 0) is 0 Å². The molecule has 5 heteroatoms. The van der Waals surface area contributed by atoms with Crippen molar-refractivity contribution in [2.75, 3.05) is 0 Å². The molecule has 0 saturated carbocycles. The normalized spacial score (nSPS) is 10.2. The Labute approximate surface area is 74.0 Å². The summed E-state index contributed by atoms with van der Waals surface area (Å²) in [7, 11) is 1.61. The minimum absolute atomic E-state index is 0.126. The maximum atomic E-state index is 11.2. The zero-order chi connectivity index (χ0) is 9.26. The van der Waals surface area contributed by atoms with E-state index >= 15 is 0 Å². The summed E-state index contributed by atoms with van der Waals surface area (Å²) in [6, 6.07) is 1.53. The fourth-order valence-electron chi connectivity index (χ4n) is 1.04. The molecule has 0 bridgehead atoms. The van der Waals surface area contributed by atoms with Crippen molar-refractivity contribution >= 4 is 0 Å². The van der Waals surface area contributed by atoms with Crippen molar-refractivity contribution in [3.05, 3.63) is 35.0 Å². The van der Waals surface area contributed by atoms with Gasteiger partial charge in [0.1, 0.15) is 0 Å². The lowest BCUT2D eigenvalue weighted by Crippen LogP contribution is -2.17. The summed E-state index contributed by atoms with van der Waals surface area (Å²) in [5, 5.41) is 10.4. The third kappa shape index (κ3) is 1.35. The van der Waals surface area contributed by atoms with E-state index in [1.807, 2.05) is 0 Å². The first-order chi connectivity index (χ1) is 6.27. The van der Waals surface area contributed by atoms with Crippen LogP contribution < -0.4 is 5.56 Å². The first-order valence-electron chi connectivity index (χ1n) is 3.80. The lowest BCUT2D eigenvalue weighted by molar-refractivity contribution is 0.708. The van der Waals surface area contributed by atoms with Gasteiger partial charge >= 0.3 is 0 Å². The van der Waals surface area contributed by atoms with E-state index in [1.165, 1.54) is 10.7 Å². The number of H-pyrrole nitrogens is 1. The summed E-state index contributed by atoms with van der Waals surface area (Å²) >= 11 is 0. The Morgan fingerprint density at radius 2 is 2.23 bits per heavy atom. The Kier molecular flexibility index (Phi) is 1.70. The Hall–Kier alpha value is -1.91. The molecule has 13 heavy (non-hydrogen) atoms. The Balaban J connectivity index is 2.55. The van der Waals surface area contributed by atoms with Crippen molar-refractivity contribution in [1.29, 1.82) is 0 Å². The molecule has 0 radical (unpaired) electrons. The predicted octanol–water partition coefficient (Wildman–Crippen LogP) is 0.170. The van der Waals surface area contributed by atoms with Crippen molar-refractivity contribution in [1.82, 2.24) is 20.0 Å². The van der Waals surface area contributed by atoms with E-state index in [-0.39, 0.29) is 5.56 Å². The average molecular weight is 176 g/mol. The summed E-state index contributed by atoms with van der Waals surface area (Å²) in [4.78, 5) is 11.2. The van der Waals surface area contributed by atoms with Crippen LogP contribution in [0.1, 0.15) is 0 Å². The zero-order valence-electron chi connectivity index (χ0n) is 7.06. The Morgan fingerprint density at radius 3 is 2.85 bits per heavy atom. The second-order valence-corrected chi connectivity index (χ2v) is 2.69. The van der Waals surface area contributed by atoms with Crippen LogP contribution >= 0.6 is 0 Å². The van der Waals surface area contributed by atoms with Gasteiger partial charge in [-0.2, -0.15) is 10.2 Å². The maximum absolute atomic E-state index is 11.2. The van der Waals surface area contributed by atoms with Crippen molar-refractivity contribution in [2.45, 2.75) is 0 Å². The van der Waals surface area contributed by atoms with Crippen LogP contribution in [-0.4, -0.2) is 20.0 Å². The third-order valence-corrected chi connectivity index (χ3v) is 1.80. The molecule has 0 fully saturated rings. The molecule has 0 unspecified atom stereocenters. The molecule has 0 aliphatic carbocycles. The molecule has 0 aliphatic heterocycles. The van der Waals surface area contributed by atoms with Crippen molar-refractivity contribution in [3.8, 4) is 11.1 Å². The van der Waals surface area contributed by atoms with Gasteiger partial charge in [-0.25, -0.2) is 4.68 Å². The van der Waals surface area contributed by atoms with E-state index in [0.717, 1.165) is 11.1 Å². The first kappa shape index (κ1) is 7.72. The Morgan fingerprint density at radius 1 is 1.38 bits per heavy atom. The van der Waals surface area contributed by atoms with E-state index in [9.17, 15) is 4.79 Å². The molecular weight excluding hydrogens is 168 g/mol. The first-order valence-corrected chi connectivity index (χ1v) is 3.80. The van der Waals surface area contributed by atoms with Crippen LogP contribution in [0.5, 0.6) is 0 Å². The average Bonchev–Trinajstić information content (AvgIpc) is 2.62. The van der Waals surface area contributed by atoms with Gasteiger partial charge in [-0.15, -0.1) is 0 Å². The van der Waals surface area contributed by atoms with Gasteiger partial charge in [0.05, 0.1) is 12.4 Å². The number of nitrogens with zero attached hydrogens (tertiary/aromatic N) is 3. The highest BCUT2D eigenvalue weighted by atomic mass is 16.1. The van der Waals surface area contributed by atoms with Crippen LogP contribution in [0.3, 0.4) is 0 Å². The van der Waals surface area contributed by atoms with Crippen LogP contribution in [0.25, 0.3) is 11.1 Å². The molecule has 2 aromatic heterocycles. The molecule has 2 rings (SSSR count). The molecule has 2 heterocycles. The monoisotopic (exact) mass is 176 g/mol. The van der Waals surface area contributed by atoms with E-state index < -0.39 is 0 Å². The van der Waals surface area contributed by atoms with Crippen LogP contribution in [0.4, 0.5) is 0 Å². The quantitative estimate of drug-likeness (QED) is 0.673. The smallest absolute Gasteiger partial charge is 0.267 e. The SMILES string of the molecule is Cn1ncc(-c2cn[nH]c2)cc1=O. The minimum Gasteiger partial charge on any atom is -0.285 e. The fraction of sp³-hybridized carbons (Fsp3) is 0.125. The van der Waals surface area contributed by atoms with Gasteiger partial charge in [0, 0.05) is 30.4 Å². The third-order valence-electron chi connectivity index (χ3n) is 1.80. The Bertz CT molecular complexity index is 457. The summed E-state index contributed by atoms with van der Waals surface area (Å²) in [6.07, 6.45) is 5.00. The number of hydrogen-bond acceptors (Lipinski definition) is 3. The number of aromatic amines is 1. The molecule has 1 N–H and O–H groups in total. The van der Waals surface area contributed by atoms with E-state index in [2.05, 4.69) is 15.3 Å². The van der Waals surface area contributed by atoms with Crippen LogP contribution in [0.2, 0.25) is 0 Å². The zero-order valence-corrected chi connectivity index (χ0v) is 7.06. The highest BCUT2D eigenvalue weighted by Gasteiger charge is 2.00. The number of rotatable bonds is 1. The molecule has 5 nitrogen and oxygen atoms in total. The lowest BCUT2D eigenvalue weighted by atomic mass is 10.2. The van der Waals surface area contributed by atoms with Crippen molar-refractivity contribution in [2.24, 2.45) is 7.05 Å². The van der Waals surface area contributed by atoms with Gasteiger partial charge in [0.15, 0.2) is 0 Å². The molecule has 2 aromatic rings. The summed E-state index contributed by atoms with van der Waals surface area (Å²) in [5.41, 5.74) is 1.51. The predicted molar refractivity (Wildman–Crippen MR) is 47.1 cm³/mol. The molecule has 0 aliphatic rings. The standard InChI is InChI=1S/C8H8N4O/c1-12-8(13)2-6(5-11-12)7-3-9-10-4-7/h2-5H,1H3,(H,9,10). The summed E-state index contributed by atoms with van der Waals surface area (Å²) < 4.78 is 1.28. The van der Waals surface area contributed by atoms with E-state index in [0.29, 0.717) is 0 Å². The molecule has 0 amide bonds. The minimum atomic E-state index is -0.126. The molecule has 0 saturated heterocycles. The number of hydrogen-bond donors (Lipinski definition) is 1. The van der Waals surface area contributed by atoms with Crippen molar-refractivity contribution in [3.63, 3.8) is 0 Å². The van der Waals surface area contributed by atoms with Gasteiger partial charge < -0.3 is 0 Å². The fourth-order valence-corrected chi connectivity index (χ4v) is 1.04. The molecule has 0 spiro atoms. The van der Waals surface area contributed by atoms with E-state index in [4.69, 9.17) is 0 Å². The summed E-state index contributed by atoms with van der Waals surface area (Å²) in [5.74, 6) is 0. The highest BCUT2D eigenvalue weighted by molar-refractivity contribution is 5.59. The molecule has 0 aromatic carbocycles. The second kappa shape index (κ2) is 2.85. The van der Waals surface area contributed by atoms with Crippen LogP contribution in [0.15, 0.2) is 29.5 Å². The van der Waals surface area contributed by atoms with Gasteiger partial charge in [0.2, 0.25) is 0 Å². The van der Waals surface area contributed by atoms with Gasteiger partial charge in [-0.3, -0.25) is 9.89 Å². The number of aryl methyl sites for hydroxylation is 1. The van der Waals surface area contributed by atoms with Gasteiger partial charge in [-0.1, -0.05) is 0 Å². The molecule has 0 atom stereocenters. The largest absolute Gasteiger partial charge is 0.285 e. The number of aromatic nitrogens is 4. The highest BCUT2D eigenvalue weighted by Crippen LogP contribution is 2.12.